The van der Waals surface area contributed by atoms with Crippen LogP contribution in [0.5, 0.6) is 5.75 Å². The highest BCUT2D eigenvalue weighted by Crippen LogP contribution is 2.38. The van der Waals surface area contributed by atoms with Crippen molar-refractivity contribution in [1.82, 2.24) is 15.5 Å². The van der Waals surface area contributed by atoms with Gasteiger partial charge in [-0.15, -0.1) is 18.3 Å². The first-order chi connectivity index (χ1) is 13.7. The Morgan fingerprint density at radius 3 is 2.52 bits per heavy atom. The Bertz CT molecular complexity index is 888. The van der Waals surface area contributed by atoms with Gasteiger partial charge in [0.1, 0.15) is 0 Å². The maximum atomic E-state index is 14.5. The molecule has 1 atom stereocenters. The molecule has 29 heavy (non-hydrogen) atoms. The predicted octanol–water partition coefficient (Wildman–Crippen LogP) is 3.65. The first-order valence-electron chi connectivity index (χ1n) is 9.25. The summed E-state index contributed by atoms with van der Waals surface area (Å²) in [6.45, 7) is 1.83. The Labute approximate surface area is 163 Å². The van der Waals surface area contributed by atoms with Crippen LogP contribution < -0.4 is 21.1 Å². The molecular weight excluding hydrogens is 396 g/mol. The van der Waals surface area contributed by atoms with Crippen LogP contribution >= 0.6 is 0 Å². The first kappa shape index (κ1) is 21.2. The van der Waals surface area contributed by atoms with Gasteiger partial charge in [-0.2, -0.15) is 0 Å². The monoisotopic (exact) mass is 418 g/mol. The van der Waals surface area contributed by atoms with Gasteiger partial charge in [-0.25, -0.2) is 14.3 Å². The van der Waals surface area contributed by atoms with E-state index in [1.165, 1.54) is 6.07 Å². The quantitative estimate of drug-likeness (QED) is 0.621. The highest BCUT2D eigenvalue weighted by atomic mass is 19.4. The molecule has 1 heterocycles. The average molecular weight is 418 g/mol. The minimum atomic E-state index is -5.06. The highest BCUT2D eigenvalue weighted by molar-refractivity contribution is 5.68. The molecule has 1 aliphatic rings. The Hall–Kier alpha value is -2.56. The van der Waals surface area contributed by atoms with E-state index in [2.05, 4.69) is 20.5 Å². The van der Waals surface area contributed by atoms with Crippen molar-refractivity contribution in [1.29, 1.82) is 0 Å². The van der Waals surface area contributed by atoms with Crippen molar-refractivity contribution in [3.8, 4) is 17.2 Å². The van der Waals surface area contributed by atoms with E-state index in [0.29, 0.717) is 6.04 Å². The molecular formula is C18H22F4N4O3. The van der Waals surface area contributed by atoms with Crippen LogP contribution in [-0.2, 0) is 0 Å². The van der Waals surface area contributed by atoms with E-state index in [4.69, 9.17) is 4.42 Å². The number of aromatic amines is 1. The molecule has 0 spiro atoms. The Morgan fingerprint density at radius 2 is 1.97 bits per heavy atom. The van der Waals surface area contributed by atoms with Gasteiger partial charge < -0.3 is 19.8 Å². The summed E-state index contributed by atoms with van der Waals surface area (Å²) in [5.74, 6) is -3.11. The van der Waals surface area contributed by atoms with Crippen molar-refractivity contribution in [2.45, 2.75) is 51.1 Å². The predicted molar refractivity (Wildman–Crippen MR) is 97.1 cm³/mol. The number of nitrogens with zero attached hydrogens (tertiary/aromatic N) is 1. The first-order valence-corrected chi connectivity index (χ1v) is 9.25. The number of ether oxygens (including phenoxy) is 1. The number of benzene rings is 1. The van der Waals surface area contributed by atoms with Crippen LogP contribution in [0, 0.1) is 11.7 Å². The van der Waals surface area contributed by atoms with Gasteiger partial charge in [-0.1, -0.05) is 0 Å². The molecule has 0 unspecified atom stereocenters. The van der Waals surface area contributed by atoms with Gasteiger partial charge in [-0.05, 0) is 57.7 Å². The number of hydrogen-bond acceptors (Lipinski definition) is 6. The van der Waals surface area contributed by atoms with Crippen molar-refractivity contribution < 1.29 is 26.7 Å². The number of anilines is 1. The van der Waals surface area contributed by atoms with Gasteiger partial charge in [0.15, 0.2) is 11.6 Å². The third-order valence-corrected chi connectivity index (χ3v) is 5.22. The zero-order chi connectivity index (χ0) is 21.2. The number of rotatable bonds is 6. The summed E-state index contributed by atoms with van der Waals surface area (Å²) < 4.78 is 61.6. The molecule has 0 aliphatic heterocycles. The van der Waals surface area contributed by atoms with E-state index < -0.39 is 23.7 Å². The van der Waals surface area contributed by atoms with Crippen LogP contribution in [0.1, 0.15) is 32.6 Å². The Kier molecular flexibility index (Phi) is 6.15. The van der Waals surface area contributed by atoms with Crippen LogP contribution in [0.15, 0.2) is 21.3 Å². The molecule has 0 radical (unpaired) electrons. The topological polar surface area (TPSA) is 92.2 Å². The lowest BCUT2D eigenvalue weighted by atomic mass is 9.82. The van der Waals surface area contributed by atoms with E-state index >= 15 is 0 Å². The molecule has 2 aromatic rings. The third kappa shape index (κ3) is 5.28. The Morgan fingerprint density at radius 1 is 1.28 bits per heavy atom. The van der Waals surface area contributed by atoms with Crippen LogP contribution in [0.2, 0.25) is 0 Å². The largest absolute Gasteiger partial charge is 0.573 e. The van der Waals surface area contributed by atoms with Crippen molar-refractivity contribution in [3.63, 3.8) is 0 Å². The molecule has 160 valence electrons. The summed E-state index contributed by atoms with van der Waals surface area (Å²) in [7, 11) is 1.90. The molecule has 1 aromatic carbocycles. The van der Waals surface area contributed by atoms with Gasteiger partial charge in [0.2, 0.25) is 5.89 Å². The van der Waals surface area contributed by atoms with Crippen molar-refractivity contribution >= 4 is 5.69 Å². The number of H-pyrrole nitrogens is 1. The number of halogens is 4. The lowest BCUT2D eigenvalue weighted by Gasteiger charge is -2.33. The molecule has 1 aliphatic carbocycles. The minimum absolute atomic E-state index is 0.00367. The lowest BCUT2D eigenvalue weighted by molar-refractivity contribution is -0.275. The number of alkyl halides is 3. The smallest absolute Gasteiger partial charge is 0.400 e. The second kappa shape index (κ2) is 8.44. The summed E-state index contributed by atoms with van der Waals surface area (Å²) in [6, 6.07) is 2.18. The number of hydrogen-bond donors (Lipinski definition) is 3. The number of aromatic nitrogens is 2. The van der Waals surface area contributed by atoms with E-state index in [9.17, 15) is 22.4 Å². The summed E-state index contributed by atoms with van der Waals surface area (Å²) in [4.78, 5) is 11.2. The lowest BCUT2D eigenvalue weighted by Crippen LogP contribution is -2.35. The van der Waals surface area contributed by atoms with Gasteiger partial charge in [0.25, 0.3) is 0 Å². The van der Waals surface area contributed by atoms with E-state index in [1.807, 2.05) is 19.1 Å². The SMILES string of the molecule is CNC1CCC([C@H](C)Nc2cc(-c3n[nH]c(=O)o3)cc(F)c2OC(F)(F)F)CC1. The van der Waals surface area contributed by atoms with Crippen molar-refractivity contribution in [2.75, 3.05) is 12.4 Å². The van der Waals surface area contributed by atoms with Gasteiger partial charge >= 0.3 is 12.1 Å². The highest BCUT2D eigenvalue weighted by Gasteiger charge is 2.35. The summed E-state index contributed by atoms with van der Waals surface area (Å²) in [6.07, 6.45) is -1.40. The Balaban J connectivity index is 1.89. The molecule has 3 N–H and O–H groups in total. The number of nitrogens with one attached hydrogen (secondary N) is 3. The standard InChI is InChI=1S/C18H22F4N4O3/c1-9(10-3-5-12(23-2)6-4-10)24-14-8-11(16-25-26-17(27)28-16)7-13(19)15(14)29-18(20,21)22/h7-10,12,23-24H,3-6H2,1-2H3,(H,26,27)/t9-,10?,12?/m0/s1. The molecule has 7 nitrogen and oxygen atoms in total. The van der Waals surface area contributed by atoms with Crippen LogP contribution in [0.4, 0.5) is 23.2 Å². The van der Waals surface area contributed by atoms with Crippen LogP contribution in [-0.4, -0.2) is 35.7 Å². The van der Waals surface area contributed by atoms with Crippen molar-refractivity contribution in [2.24, 2.45) is 5.92 Å². The molecule has 0 saturated heterocycles. The van der Waals surface area contributed by atoms with Crippen LogP contribution in [0.3, 0.4) is 0 Å². The molecule has 0 amide bonds. The second-order valence-electron chi connectivity index (χ2n) is 7.13. The summed E-state index contributed by atoms with van der Waals surface area (Å²) in [5, 5.41) is 11.8. The maximum Gasteiger partial charge on any atom is 0.573 e. The fourth-order valence-electron chi connectivity index (χ4n) is 3.67. The zero-order valence-corrected chi connectivity index (χ0v) is 15.9. The molecule has 1 aromatic heterocycles. The fourth-order valence-corrected chi connectivity index (χ4v) is 3.67. The molecule has 1 saturated carbocycles. The normalized spacial score (nSPS) is 21.0. The van der Waals surface area contributed by atoms with E-state index in [1.54, 1.807) is 0 Å². The second-order valence-corrected chi connectivity index (χ2v) is 7.13. The molecule has 0 bridgehead atoms. The maximum absolute atomic E-state index is 14.5. The van der Waals surface area contributed by atoms with Gasteiger partial charge in [0, 0.05) is 17.6 Å². The third-order valence-electron chi connectivity index (χ3n) is 5.22. The minimum Gasteiger partial charge on any atom is -0.400 e. The van der Waals surface area contributed by atoms with Crippen LogP contribution in [0.25, 0.3) is 11.5 Å². The fraction of sp³-hybridized carbons (Fsp3) is 0.556. The van der Waals surface area contributed by atoms with Gasteiger partial charge in [-0.3, -0.25) is 0 Å². The molecule has 1 fully saturated rings. The summed E-state index contributed by atoms with van der Waals surface area (Å²) in [5.41, 5.74) is -0.185. The van der Waals surface area contributed by atoms with E-state index in [-0.39, 0.29) is 29.1 Å². The summed E-state index contributed by atoms with van der Waals surface area (Å²) >= 11 is 0. The van der Waals surface area contributed by atoms with Gasteiger partial charge in [0.05, 0.1) is 5.69 Å². The zero-order valence-electron chi connectivity index (χ0n) is 15.9. The van der Waals surface area contributed by atoms with Crippen molar-refractivity contribution in [3.05, 3.63) is 28.5 Å². The average Bonchev–Trinajstić information content (AvgIpc) is 3.10. The molecule has 3 rings (SSSR count). The van der Waals surface area contributed by atoms with E-state index in [0.717, 1.165) is 31.7 Å². The molecule has 11 heteroatoms.